The van der Waals surface area contributed by atoms with Crippen molar-refractivity contribution in [1.82, 2.24) is 39.3 Å². The van der Waals surface area contributed by atoms with E-state index in [1.807, 2.05) is 0 Å². The van der Waals surface area contributed by atoms with Gasteiger partial charge in [-0.3, -0.25) is 0 Å². The molecular weight excluding hydrogens is 463 g/mol. The van der Waals surface area contributed by atoms with Gasteiger partial charge in [-0.2, -0.15) is 18.6 Å². The van der Waals surface area contributed by atoms with Gasteiger partial charge in [0.25, 0.3) is 0 Å². The fraction of sp³-hybridized carbons (Fsp3) is 0.158. The summed E-state index contributed by atoms with van der Waals surface area (Å²) in [5.41, 5.74) is 6.91. The standard InChI is InChI=1S/C19H13ClF3N9O/c1-8(17-28-7-32(30-17)19(22)23)33-18-12-14(26-6-27-16(12)24)10(4-25-18)9-2-3-31-15(13(9)21)11(20)5-29-31/h2-8,19H,1H3,(H2,24,26,27)/t8-/m1/s1. The van der Waals surface area contributed by atoms with Crippen molar-refractivity contribution in [1.29, 1.82) is 0 Å². The van der Waals surface area contributed by atoms with Crippen molar-refractivity contribution in [3.63, 3.8) is 0 Å². The predicted molar refractivity (Wildman–Crippen MR) is 111 cm³/mol. The number of hydrogen-bond donors (Lipinski definition) is 1. The first-order chi connectivity index (χ1) is 15.8. The molecule has 0 aliphatic heterocycles. The number of hydrogen-bond acceptors (Lipinski definition) is 8. The van der Waals surface area contributed by atoms with Crippen LogP contribution >= 0.6 is 11.6 Å². The summed E-state index contributed by atoms with van der Waals surface area (Å²) in [7, 11) is 0. The highest BCUT2D eigenvalue weighted by Gasteiger charge is 2.22. The number of nitrogen functional groups attached to an aromatic ring is 1. The first-order valence-corrected chi connectivity index (χ1v) is 9.79. The SMILES string of the molecule is C[C@@H](Oc1ncc(-c2ccn3ncc(Cl)c3c2F)c2ncnc(N)c12)c1ncn(C(F)F)n1. The number of fused-ring (bicyclic) bond motifs is 2. The van der Waals surface area contributed by atoms with Gasteiger partial charge in [0.2, 0.25) is 5.88 Å². The van der Waals surface area contributed by atoms with Gasteiger partial charge in [0, 0.05) is 23.5 Å². The molecule has 0 aliphatic carbocycles. The summed E-state index contributed by atoms with van der Waals surface area (Å²) in [6.07, 6.45) is 5.51. The Hall–Kier alpha value is -4.00. The molecule has 0 bridgehead atoms. The Kier molecular flexibility index (Phi) is 4.96. The number of halogens is 4. The van der Waals surface area contributed by atoms with Crippen molar-refractivity contribution in [3.05, 3.63) is 54.0 Å². The molecule has 5 heterocycles. The first-order valence-electron chi connectivity index (χ1n) is 9.42. The van der Waals surface area contributed by atoms with Crippen LogP contribution in [0.4, 0.5) is 19.0 Å². The summed E-state index contributed by atoms with van der Waals surface area (Å²) in [6, 6.07) is 1.50. The molecule has 0 aromatic carbocycles. The van der Waals surface area contributed by atoms with Crippen LogP contribution in [-0.4, -0.2) is 39.3 Å². The molecule has 5 rings (SSSR count). The van der Waals surface area contributed by atoms with Gasteiger partial charge in [-0.1, -0.05) is 11.6 Å². The predicted octanol–water partition coefficient (Wildman–Crippen LogP) is 3.84. The van der Waals surface area contributed by atoms with Crippen LogP contribution in [-0.2, 0) is 0 Å². The minimum Gasteiger partial charge on any atom is -0.466 e. The van der Waals surface area contributed by atoms with E-state index in [0.717, 1.165) is 6.33 Å². The van der Waals surface area contributed by atoms with Crippen molar-refractivity contribution in [2.24, 2.45) is 0 Å². The van der Waals surface area contributed by atoms with Gasteiger partial charge in [0.1, 0.15) is 29.4 Å². The lowest BCUT2D eigenvalue weighted by molar-refractivity contribution is 0.0550. The molecule has 5 aromatic heterocycles. The molecule has 0 saturated carbocycles. The Morgan fingerprint density at radius 2 is 1.94 bits per heavy atom. The molecule has 10 nitrogen and oxygen atoms in total. The summed E-state index contributed by atoms with van der Waals surface area (Å²) in [5, 5.41) is 8.03. The number of nitrogens with zero attached hydrogens (tertiary/aromatic N) is 8. The average Bonchev–Trinajstić information content (AvgIpc) is 3.43. The van der Waals surface area contributed by atoms with E-state index in [1.165, 1.54) is 29.3 Å². The second-order valence-electron chi connectivity index (χ2n) is 6.91. The fourth-order valence-corrected chi connectivity index (χ4v) is 3.57. The van der Waals surface area contributed by atoms with Crippen LogP contribution in [0.25, 0.3) is 27.5 Å². The minimum absolute atomic E-state index is 0.0108. The summed E-state index contributed by atoms with van der Waals surface area (Å²) in [6.45, 7) is -1.28. The van der Waals surface area contributed by atoms with Crippen molar-refractivity contribution in [2.75, 3.05) is 5.73 Å². The summed E-state index contributed by atoms with van der Waals surface area (Å²) in [4.78, 5) is 16.3. The zero-order valence-electron chi connectivity index (χ0n) is 16.7. The molecule has 0 unspecified atom stereocenters. The number of nitrogens with two attached hydrogens (primary N) is 1. The monoisotopic (exact) mass is 475 g/mol. The lowest BCUT2D eigenvalue weighted by Crippen LogP contribution is -2.09. The zero-order valence-corrected chi connectivity index (χ0v) is 17.4. The van der Waals surface area contributed by atoms with Gasteiger partial charge in [-0.05, 0) is 13.0 Å². The van der Waals surface area contributed by atoms with Crippen molar-refractivity contribution in [2.45, 2.75) is 19.6 Å². The van der Waals surface area contributed by atoms with Gasteiger partial charge in [0.05, 0.1) is 16.7 Å². The number of aromatic nitrogens is 8. The van der Waals surface area contributed by atoms with Gasteiger partial charge < -0.3 is 10.5 Å². The molecule has 168 valence electrons. The van der Waals surface area contributed by atoms with Crippen LogP contribution in [0, 0.1) is 5.82 Å². The highest BCUT2D eigenvalue weighted by atomic mass is 35.5. The second kappa shape index (κ2) is 7.85. The molecule has 14 heteroatoms. The summed E-state index contributed by atoms with van der Waals surface area (Å²) in [5.74, 6) is -0.566. The van der Waals surface area contributed by atoms with Crippen molar-refractivity contribution < 1.29 is 17.9 Å². The topological polar surface area (TPSA) is 122 Å². The lowest BCUT2D eigenvalue weighted by Gasteiger charge is -2.15. The Labute approximate surface area is 187 Å². The number of ether oxygens (including phenoxy) is 1. The molecule has 5 aromatic rings. The Bertz CT molecular complexity index is 1500. The molecule has 33 heavy (non-hydrogen) atoms. The largest absolute Gasteiger partial charge is 0.466 e. The number of anilines is 1. The molecule has 0 amide bonds. The van der Waals surface area contributed by atoms with Crippen LogP contribution in [0.3, 0.4) is 0 Å². The minimum atomic E-state index is -2.84. The third-order valence-corrected chi connectivity index (χ3v) is 5.18. The molecule has 0 spiro atoms. The van der Waals surface area contributed by atoms with Gasteiger partial charge in [-0.15, -0.1) is 5.10 Å². The van der Waals surface area contributed by atoms with Crippen LogP contribution < -0.4 is 10.5 Å². The van der Waals surface area contributed by atoms with E-state index in [9.17, 15) is 8.78 Å². The number of rotatable bonds is 5. The normalized spacial score (nSPS) is 12.7. The zero-order chi connectivity index (χ0) is 23.3. The quantitative estimate of drug-likeness (QED) is 0.407. The van der Waals surface area contributed by atoms with Crippen molar-refractivity contribution >= 4 is 33.8 Å². The summed E-state index contributed by atoms with van der Waals surface area (Å²) < 4.78 is 48.4. The van der Waals surface area contributed by atoms with Crippen LogP contribution in [0.1, 0.15) is 25.4 Å². The lowest BCUT2D eigenvalue weighted by atomic mass is 10.0. The van der Waals surface area contributed by atoms with Crippen LogP contribution in [0.15, 0.2) is 37.3 Å². The Balaban J connectivity index is 1.62. The molecule has 0 fully saturated rings. The van der Waals surface area contributed by atoms with E-state index in [1.54, 1.807) is 13.1 Å². The Morgan fingerprint density at radius 1 is 1.12 bits per heavy atom. The molecular formula is C19H13ClF3N9O. The van der Waals surface area contributed by atoms with Gasteiger partial charge in [-0.25, -0.2) is 28.8 Å². The van der Waals surface area contributed by atoms with Crippen LogP contribution in [0.5, 0.6) is 5.88 Å². The summed E-state index contributed by atoms with van der Waals surface area (Å²) >= 11 is 6.08. The first kappa shape index (κ1) is 20.9. The molecule has 2 N–H and O–H groups in total. The smallest absolute Gasteiger partial charge is 0.334 e. The Morgan fingerprint density at radius 3 is 2.70 bits per heavy atom. The van der Waals surface area contributed by atoms with E-state index in [2.05, 4.69) is 30.1 Å². The maximum absolute atomic E-state index is 15.3. The maximum Gasteiger partial charge on any atom is 0.334 e. The fourth-order valence-electron chi connectivity index (χ4n) is 3.35. The van der Waals surface area contributed by atoms with E-state index in [-0.39, 0.29) is 44.5 Å². The van der Waals surface area contributed by atoms with E-state index < -0.39 is 18.5 Å². The van der Waals surface area contributed by atoms with Crippen LogP contribution in [0.2, 0.25) is 5.02 Å². The van der Waals surface area contributed by atoms with Gasteiger partial charge in [0.15, 0.2) is 17.7 Å². The molecule has 0 aliphatic rings. The van der Waals surface area contributed by atoms with E-state index >= 15 is 4.39 Å². The second-order valence-corrected chi connectivity index (χ2v) is 7.32. The molecule has 0 saturated heterocycles. The number of alkyl halides is 2. The van der Waals surface area contributed by atoms with E-state index in [4.69, 9.17) is 22.1 Å². The highest BCUT2D eigenvalue weighted by Crippen LogP contribution is 2.37. The van der Waals surface area contributed by atoms with E-state index in [0.29, 0.717) is 10.2 Å². The average molecular weight is 476 g/mol. The molecule has 0 radical (unpaired) electrons. The third kappa shape index (κ3) is 3.46. The van der Waals surface area contributed by atoms with Crippen molar-refractivity contribution in [3.8, 4) is 17.0 Å². The van der Waals surface area contributed by atoms with Gasteiger partial charge >= 0.3 is 6.55 Å². The highest BCUT2D eigenvalue weighted by molar-refractivity contribution is 6.33. The maximum atomic E-state index is 15.3. The number of pyridine rings is 2. The molecule has 1 atom stereocenters. The third-order valence-electron chi connectivity index (χ3n) is 4.90.